The van der Waals surface area contributed by atoms with Crippen LogP contribution in [0.1, 0.15) is 43.9 Å². The van der Waals surface area contributed by atoms with Crippen molar-refractivity contribution in [1.82, 2.24) is 4.90 Å². The summed E-state index contributed by atoms with van der Waals surface area (Å²) in [6.07, 6.45) is 1.02. The van der Waals surface area contributed by atoms with Crippen LogP contribution in [-0.4, -0.2) is 65.3 Å². The van der Waals surface area contributed by atoms with E-state index in [1.165, 1.54) is 13.8 Å². The van der Waals surface area contributed by atoms with Crippen LogP contribution < -0.4 is 14.5 Å². The summed E-state index contributed by atoms with van der Waals surface area (Å²) in [5.41, 5.74) is 0.840. The first-order valence-electron chi connectivity index (χ1n) is 16.5. The van der Waals surface area contributed by atoms with Gasteiger partial charge < -0.3 is 24.4 Å². The van der Waals surface area contributed by atoms with E-state index < -0.39 is 35.3 Å². The smallest absolute Gasteiger partial charge is 0.269 e. The van der Waals surface area contributed by atoms with Crippen LogP contribution in [0.2, 0.25) is 0 Å². The molecule has 1 fully saturated rings. The first-order chi connectivity index (χ1) is 23.0. The Bertz CT molecular complexity index is 1800. The van der Waals surface area contributed by atoms with E-state index in [9.17, 15) is 19.5 Å². The third kappa shape index (κ3) is 4.92. The zero-order valence-electron chi connectivity index (χ0n) is 27.4. The Labute approximate surface area is 279 Å². The van der Waals surface area contributed by atoms with Gasteiger partial charge in [0.25, 0.3) is 11.8 Å². The van der Waals surface area contributed by atoms with Gasteiger partial charge in [0.15, 0.2) is 12.2 Å². The number of aliphatic hydroxyl groups is 1. The maximum atomic E-state index is 16.3. The fourth-order valence-corrected chi connectivity index (χ4v) is 8.40. The Morgan fingerprint density at radius 1 is 1.08 bits per heavy atom. The van der Waals surface area contributed by atoms with Gasteiger partial charge in [-0.05, 0) is 61.7 Å². The first-order valence-corrected chi connectivity index (χ1v) is 16.5. The Balaban J connectivity index is 1.29. The second kappa shape index (κ2) is 11.9. The molecule has 4 aliphatic heterocycles. The lowest BCUT2D eigenvalue weighted by Crippen LogP contribution is -2.48. The number of halogens is 1. The normalized spacial score (nSPS) is 26.3. The maximum absolute atomic E-state index is 16.3. The van der Waals surface area contributed by atoms with Crippen LogP contribution in [0.5, 0.6) is 5.75 Å². The van der Waals surface area contributed by atoms with Crippen molar-refractivity contribution in [2.45, 2.75) is 63.6 Å². The summed E-state index contributed by atoms with van der Waals surface area (Å²) < 4.78 is 28.8. The van der Waals surface area contributed by atoms with E-state index in [1.807, 2.05) is 43.3 Å². The number of nitrogens with zero attached hydrogens (tertiary/aromatic N) is 3. The number of amides is 3. The largest absolute Gasteiger partial charge is 0.482 e. The second-order valence-electron chi connectivity index (χ2n) is 13.7. The van der Waals surface area contributed by atoms with E-state index in [1.54, 1.807) is 51.1 Å². The molecule has 4 aliphatic rings. The molecule has 48 heavy (non-hydrogen) atoms. The molecule has 0 unspecified atom stereocenters. The van der Waals surface area contributed by atoms with Crippen molar-refractivity contribution in [3.63, 3.8) is 0 Å². The Morgan fingerprint density at radius 2 is 1.81 bits per heavy atom. The zero-order valence-corrected chi connectivity index (χ0v) is 27.4. The number of hydrogen-bond acceptors (Lipinski definition) is 6. The number of benzene rings is 3. The number of carbonyl (C=O) groups excluding carboxylic acids is 3. The number of aliphatic hydroxyl groups excluding tert-OH is 1. The molecule has 4 heterocycles. The molecule has 3 amide bonds. The third-order valence-electron chi connectivity index (χ3n) is 10.5. The van der Waals surface area contributed by atoms with Crippen molar-refractivity contribution in [2.24, 2.45) is 11.8 Å². The molecule has 9 nitrogen and oxygen atoms in total. The molecule has 0 radical (unpaired) electrons. The van der Waals surface area contributed by atoms with E-state index in [-0.39, 0.29) is 43.9 Å². The van der Waals surface area contributed by atoms with Gasteiger partial charge in [-0.15, -0.1) is 6.58 Å². The number of para-hydroxylation sites is 2. The van der Waals surface area contributed by atoms with Gasteiger partial charge in [-0.1, -0.05) is 49.4 Å². The molecule has 0 bridgehead atoms. The van der Waals surface area contributed by atoms with Crippen molar-refractivity contribution in [3.8, 4) is 5.75 Å². The van der Waals surface area contributed by atoms with Crippen molar-refractivity contribution in [3.05, 3.63) is 96.1 Å². The minimum atomic E-state index is -1.82. The number of carbonyl (C=O) groups is 3. The van der Waals surface area contributed by atoms with Gasteiger partial charge in [-0.25, -0.2) is 4.39 Å². The number of alkyl halides is 1. The average Bonchev–Trinajstić information content (AvgIpc) is 3.49. The fraction of sp³-hybridized carbons (Fsp3) is 0.395. The molecule has 0 aromatic heterocycles. The molecule has 250 valence electrons. The van der Waals surface area contributed by atoms with Crippen LogP contribution >= 0.6 is 0 Å². The van der Waals surface area contributed by atoms with Gasteiger partial charge in [0.2, 0.25) is 5.91 Å². The van der Waals surface area contributed by atoms with Crippen LogP contribution in [0, 0.1) is 11.8 Å². The van der Waals surface area contributed by atoms with E-state index >= 15 is 4.39 Å². The highest BCUT2D eigenvalue weighted by atomic mass is 19.1. The Morgan fingerprint density at radius 3 is 2.54 bits per heavy atom. The Hall–Kier alpha value is -4.54. The Kier molecular flexibility index (Phi) is 7.91. The molecule has 10 heteroatoms. The van der Waals surface area contributed by atoms with Crippen LogP contribution in [0.15, 0.2) is 79.4 Å². The predicted molar refractivity (Wildman–Crippen MR) is 179 cm³/mol. The number of rotatable bonds is 7. The van der Waals surface area contributed by atoms with Crippen LogP contribution in [-0.2, 0) is 37.7 Å². The van der Waals surface area contributed by atoms with Gasteiger partial charge in [-0.3, -0.25) is 19.3 Å². The van der Waals surface area contributed by atoms with E-state index in [4.69, 9.17) is 9.47 Å². The maximum Gasteiger partial charge on any atom is 0.269 e. The van der Waals surface area contributed by atoms with Gasteiger partial charge >= 0.3 is 0 Å². The first kappa shape index (κ1) is 32.0. The molecule has 1 N–H and O–H groups in total. The number of fused-ring (bicyclic) bond motifs is 4. The van der Waals surface area contributed by atoms with Crippen LogP contribution in [0.25, 0.3) is 0 Å². The number of anilines is 3. The molecule has 7 rings (SSSR count). The van der Waals surface area contributed by atoms with Crippen LogP contribution in [0.4, 0.5) is 21.5 Å². The standard InChI is InChI=1S/C38H40FN3O6/c1-5-16-40-29-15-14-26(42-30-12-8-9-13-31(30)47-22-34(42)45)18-28(29)38(36(40)46)23(2)35(37(3,4)39)32(48-38)19-33(44)41-20-25-11-7-6-10-24(25)17-27(41)21-43/h5-15,18,23,27,32,35,43H,1,16-17,19-22H2,2-4H3/t23-,27+,32+,35-,38+/m1/s1. The number of ether oxygens (including phenoxy) is 2. The summed E-state index contributed by atoms with van der Waals surface area (Å²) in [6, 6.07) is 20.0. The van der Waals surface area contributed by atoms with Crippen molar-refractivity contribution in [2.75, 3.05) is 29.6 Å². The monoisotopic (exact) mass is 653 g/mol. The molecule has 0 saturated carbocycles. The summed E-state index contributed by atoms with van der Waals surface area (Å²) in [4.78, 5) is 46.7. The third-order valence-corrected chi connectivity index (χ3v) is 10.5. The van der Waals surface area contributed by atoms with Crippen LogP contribution in [0.3, 0.4) is 0 Å². The van der Waals surface area contributed by atoms with Crippen molar-refractivity contribution >= 4 is 34.8 Å². The highest BCUT2D eigenvalue weighted by Crippen LogP contribution is 2.59. The summed E-state index contributed by atoms with van der Waals surface area (Å²) in [5.74, 6) is -1.87. The zero-order chi connectivity index (χ0) is 34.0. The van der Waals surface area contributed by atoms with E-state index in [0.29, 0.717) is 41.3 Å². The summed E-state index contributed by atoms with van der Waals surface area (Å²) >= 11 is 0. The van der Waals surface area contributed by atoms with Gasteiger partial charge in [-0.2, -0.15) is 0 Å². The highest BCUT2D eigenvalue weighted by Gasteiger charge is 2.66. The second-order valence-corrected chi connectivity index (χ2v) is 13.7. The van der Waals surface area contributed by atoms with Gasteiger partial charge in [0.05, 0.1) is 36.5 Å². The van der Waals surface area contributed by atoms with Crippen molar-refractivity contribution < 1.29 is 33.4 Å². The van der Waals surface area contributed by atoms with E-state index in [2.05, 4.69) is 6.58 Å². The lowest BCUT2D eigenvalue weighted by atomic mass is 9.71. The lowest BCUT2D eigenvalue weighted by Gasteiger charge is -2.37. The minimum Gasteiger partial charge on any atom is -0.482 e. The lowest BCUT2D eigenvalue weighted by molar-refractivity contribution is -0.151. The average molecular weight is 654 g/mol. The molecular weight excluding hydrogens is 613 g/mol. The summed E-state index contributed by atoms with van der Waals surface area (Å²) in [6.45, 7) is 8.75. The molecule has 1 saturated heterocycles. The quantitative estimate of drug-likeness (QED) is 0.352. The molecule has 3 aromatic rings. The molecule has 1 spiro atoms. The molecular formula is C38H40FN3O6. The number of hydrogen-bond donors (Lipinski definition) is 1. The topological polar surface area (TPSA) is 99.6 Å². The van der Waals surface area contributed by atoms with Crippen molar-refractivity contribution in [1.29, 1.82) is 0 Å². The predicted octanol–water partition coefficient (Wildman–Crippen LogP) is 5.21. The van der Waals surface area contributed by atoms with Gasteiger partial charge in [0, 0.05) is 36.2 Å². The molecule has 3 aromatic carbocycles. The summed E-state index contributed by atoms with van der Waals surface area (Å²) in [7, 11) is 0. The highest BCUT2D eigenvalue weighted by molar-refractivity contribution is 6.10. The SMILES string of the molecule is C=CCN1C(=O)[C@@]2(O[C@@H](CC(=O)N3Cc4ccccc4C[C@H]3CO)[C@H](C(C)(C)F)[C@H]2C)c2cc(N3C(=O)COc4ccccc43)ccc21. The molecule has 0 aliphatic carbocycles. The fourth-order valence-electron chi connectivity index (χ4n) is 8.40. The molecule has 5 atom stereocenters. The minimum absolute atomic E-state index is 0.147. The van der Waals surface area contributed by atoms with E-state index in [0.717, 1.165) is 11.1 Å². The summed E-state index contributed by atoms with van der Waals surface area (Å²) in [5, 5.41) is 10.2. The van der Waals surface area contributed by atoms with Gasteiger partial charge in [0.1, 0.15) is 11.4 Å².